The van der Waals surface area contributed by atoms with Crippen molar-refractivity contribution in [3.63, 3.8) is 0 Å². The Balaban J connectivity index is 2.17. The van der Waals surface area contributed by atoms with Crippen LogP contribution in [-0.4, -0.2) is 37.0 Å². The molecule has 1 aromatic carbocycles. The van der Waals surface area contributed by atoms with Crippen LogP contribution in [-0.2, 0) is 11.3 Å². The smallest absolute Gasteiger partial charge is 0.253 e. The molecule has 5 heteroatoms. The molecule has 18 heavy (non-hydrogen) atoms. The second kappa shape index (κ2) is 5.46. The molecule has 1 amide bonds. The number of likely N-dealkylation sites (tertiary alicyclic amines) is 1. The molecule has 1 heterocycles. The molecular formula is C13H17FN2O2. The number of halogens is 1. The molecule has 0 saturated carbocycles. The van der Waals surface area contributed by atoms with Crippen LogP contribution in [0.1, 0.15) is 22.3 Å². The monoisotopic (exact) mass is 252 g/mol. The third-order valence-corrected chi connectivity index (χ3v) is 3.10. The van der Waals surface area contributed by atoms with E-state index in [9.17, 15) is 9.18 Å². The molecule has 1 saturated heterocycles. The maximum atomic E-state index is 13.4. The summed E-state index contributed by atoms with van der Waals surface area (Å²) in [6.45, 7) is 1.39. The molecular weight excluding hydrogens is 235 g/mol. The van der Waals surface area contributed by atoms with E-state index in [0.29, 0.717) is 24.2 Å². The summed E-state index contributed by atoms with van der Waals surface area (Å²) in [6, 6.07) is 4.40. The number of amides is 1. The third-order valence-electron chi connectivity index (χ3n) is 3.10. The van der Waals surface area contributed by atoms with Gasteiger partial charge in [0.05, 0.1) is 6.61 Å². The standard InChI is InChI=1S/C13H17FN2O2/c1-18-8-10-6-9(2-3-12(10)14)13(17)16-5-4-11(15)7-16/h2-3,6,11H,4-5,7-8,15H2,1H3/t11-/m0/s1. The highest BCUT2D eigenvalue weighted by molar-refractivity contribution is 5.94. The van der Waals surface area contributed by atoms with Crippen LogP contribution in [0.3, 0.4) is 0 Å². The first-order chi connectivity index (χ1) is 8.61. The van der Waals surface area contributed by atoms with E-state index in [0.717, 1.165) is 6.42 Å². The highest BCUT2D eigenvalue weighted by Crippen LogP contribution is 2.16. The van der Waals surface area contributed by atoms with E-state index in [1.807, 2.05) is 0 Å². The van der Waals surface area contributed by atoms with Gasteiger partial charge in [0.1, 0.15) is 5.82 Å². The molecule has 0 aliphatic carbocycles. The summed E-state index contributed by atoms with van der Waals surface area (Å²) in [7, 11) is 1.49. The zero-order valence-electron chi connectivity index (χ0n) is 10.4. The normalized spacial score (nSPS) is 19.3. The van der Waals surface area contributed by atoms with Crippen molar-refractivity contribution >= 4 is 5.91 Å². The Morgan fingerprint density at radius 3 is 3.00 bits per heavy atom. The molecule has 1 aromatic rings. The highest BCUT2D eigenvalue weighted by atomic mass is 19.1. The maximum Gasteiger partial charge on any atom is 0.253 e. The Bertz CT molecular complexity index is 451. The number of hydrogen-bond acceptors (Lipinski definition) is 3. The number of benzene rings is 1. The van der Waals surface area contributed by atoms with Gasteiger partial charge in [-0.2, -0.15) is 0 Å². The quantitative estimate of drug-likeness (QED) is 0.877. The molecule has 1 aliphatic heterocycles. The Morgan fingerprint density at radius 2 is 2.39 bits per heavy atom. The van der Waals surface area contributed by atoms with Gasteiger partial charge in [-0.1, -0.05) is 0 Å². The van der Waals surface area contributed by atoms with Crippen LogP contribution in [0.25, 0.3) is 0 Å². The van der Waals surface area contributed by atoms with Gasteiger partial charge in [-0.05, 0) is 24.6 Å². The lowest BCUT2D eigenvalue weighted by Gasteiger charge is -2.16. The molecule has 0 radical (unpaired) electrons. The van der Waals surface area contributed by atoms with E-state index in [1.54, 1.807) is 11.0 Å². The van der Waals surface area contributed by atoms with Crippen molar-refractivity contribution in [3.8, 4) is 0 Å². The molecule has 98 valence electrons. The molecule has 0 spiro atoms. The molecule has 0 aromatic heterocycles. The Labute approximate surface area is 106 Å². The number of carbonyl (C=O) groups is 1. The van der Waals surface area contributed by atoms with Gasteiger partial charge in [-0.3, -0.25) is 4.79 Å². The van der Waals surface area contributed by atoms with Crippen molar-refractivity contribution < 1.29 is 13.9 Å². The van der Waals surface area contributed by atoms with Gasteiger partial charge < -0.3 is 15.4 Å². The lowest BCUT2D eigenvalue weighted by Crippen LogP contribution is -2.31. The minimum atomic E-state index is -0.355. The molecule has 1 aliphatic rings. The number of ether oxygens (including phenoxy) is 1. The summed E-state index contributed by atoms with van der Waals surface area (Å²) in [6.07, 6.45) is 0.817. The first-order valence-electron chi connectivity index (χ1n) is 5.94. The fourth-order valence-corrected chi connectivity index (χ4v) is 2.13. The van der Waals surface area contributed by atoms with Gasteiger partial charge >= 0.3 is 0 Å². The van der Waals surface area contributed by atoms with E-state index < -0.39 is 0 Å². The van der Waals surface area contributed by atoms with E-state index in [4.69, 9.17) is 10.5 Å². The molecule has 0 unspecified atom stereocenters. The Kier molecular flexibility index (Phi) is 3.93. The number of rotatable bonds is 3. The molecule has 1 atom stereocenters. The topological polar surface area (TPSA) is 55.6 Å². The summed E-state index contributed by atoms with van der Waals surface area (Å²) >= 11 is 0. The lowest BCUT2D eigenvalue weighted by atomic mass is 10.1. The average molecular weight is 252 g/mol. The van der Waals surface area contributed by atoms with Crippen LogP contribution in [0.15, 0.2) is 18.2 Å². The molecule has 0 bridgehead atoms. The van der Waals surface area contributed by atoms with Gasteiger partial charge in [-0.25, -0.2) is 4.39 Å². The largest absolute Gasteiger partial charge is 0.380 e. The van der Waals surface area contributed by atoms with Crippen LogP contribution >= 0.6 is 0 Å². The SMILES string of the molecule is COCc1cc(C(=O)N2CC[C@H](N)C2)ccc1F. The fourth-order valence-electron chi connectivity index (χ4n) is 2.13. The summed E-state index contributed by atoms with van der Waals surface area (Å²) in [5, 5.41) is 0. The van der Waals surface area contributed by atoms with E-state index >= 15 is 0 Å². The fraction of sp³-hybridized carbons (Fsp3) is 0.462. The van der Waals surface area contributed by atoms with Crippen molar-refractivity contribution in [1.82, 2.24) is 4.90 Å². The number of nitrogens with zero attached hydrogens (tertiary/aromatic N) is 1. The third kappa shape index (κ3) is 2.68. The highest BCUT2D eigenvalue weighted by Gasteiger charge is 2.24. The zero-order chi connectivity index (χ0) is 13.1. The number of hydrogen-bond donors (Lipinski definition) is 1. The number of carbonyl (C=O) groups excluding carboxylic acids is 1. The van der Waals surface area contributed by atoms with E-state index in [-0.39, 0.29) is 24.4 Å². The maximum absolute atomic E-state index is 13.4. The van der Waals surface area contributed by atoms with Gasteiger partial charge in [-0.15, -0.1) is 0 Å². The van der Waals surface area contributed by atoms with Crippen LogP contribution in [0.4, 0.5) is 4.39 Å². The van der Waals surface area contributed by atoms with Crippen molar-refractivity contribution in [2.45, 2.75) is 19.1 Å². The predicted octanol–water partition coefficient (Wildman–Crippen LogP) is 1.15. The average Bonchev–Trinajstić information content (AvgIpc) is 2.78. The van der Waals surface area contributed by atoms with Crippen molar-refractivity contribution in [2.24, 2.45) is 5.73 Å². The van der Waals surface area contributed by atoms with Crippen LogP contribution < -0.4 is 5.73 Å². The van der Waals surface area contributed by atoms with E-state index in [1.165, 1.54) is 19.2 Å². The van der Waals surface area contributed by atoms with Gasteiger partial charge in [0, 0.05) is 37.4 Å². The first-order valence-corrected chi connectivity index (χ1v) is 5.94. The Morgan fingerprint density at radius 1 is 1.61 bits per heavy atom. The van der Waals surface area contributed by atoms with Crippen LogP contribution in [0.2, 0.25) is 0 Å². The van der Waals surface area contributed by atoms with E-state index in [2.05, 4.69) is 0 Å². The lowest BCUT2D eigenvalue weighted by molar-refractivity contribution is 0.0790. The summed E-state index contributed by atoms with van der Waals surface area (Å²) < 4.78 is 18.3. The summed E-state index contributed by atoms with van der Waals surface area (Å²) in [5.41, 5.74) is 6.65. The zero-order valence-corrected chi connectivity index (χ0v) is 10.4. The van der Waals surface area contributed by atoms with Crippen LogP contribution in [0, 0.1) is 5.82 Å². The number of nitrogens with two attached hydrogens (primary N) is 1. The molecule has 2 N–H and O–H groups in total. The van der Waals surface area contributed by atoms with Gasteiger partial charge in [0.15, 0.2) is 0 Å². The summed E-state index contributed by atoms with van der Waals surface area (Å²) in [4.78, 5) is 13.9. The minimum absolute atomic E-state index is 0.0489. The predicted molar refractivity (Wildman–Crippen MR) is 65.6 cm³/mol. The summed E-state index contributed by atoms with van der Waals surface area (Å²) in [5.74, 6) is -0.452. The van der Waals surface area contributed by atoms with Crippen molar-refractivity contribution in [2.75, 3.05) is 20.2 Å². The molecule has 4 nitrogen and oxygen atoms in total. The van der Waals surface area contributed by atoms with Gasteiger partial charge in [0.25, 0.3) is 5.91 Å². The van der Waals surface area contributed by atoms with Crippen molar-refractivity contribution in [1.29, 1.82) is 0 Å². The second-order valence-corrected chi connectivity index (χ2v) is 4.54. The first kappa shape index (κ1) is 13.0. The molecule has 1 fully saturated rings. The minimum Gasteiger partial charge on any atom is -0.380 e. The second-order valence-electron chi connectivity index (χ2n) is 4.54. The van der Waals surface area contributed by atoms with Crippen molar-refractivity contribution in [3.05, 3.63) is 35.1 Å². The number of methoxy groups -OCH3 is 1. The molecule has 2 rings (SSSR count). The van der Waals surface area contributed by atoms with Gasteiger partial charge in [0.2, 0.25) is 0 Å². The Hall–Kier alpha value is -1.46. The van der Waals surface area contributed by atoms with Crippen LogP contribution in [0.5, 0.6) is 0 Å².